The van der Waals surface area contributed by atoms with Gasteiger partial charge in [0.05, 0.1) is 11.8 Å². The maximum Gasteiger partial charge on any atom is 0.214 e. The van der Waals surface area contributed by atoms with Crippen LogP contribution in [0.1, 0.15) is 29.4 Å². The molecule has 0 aliphatic rings. The quantitative estimate of drug-likeness (QED) is 0.759. The van der Waals surface area contributed by atoms with E-state index in [1.165, 1.54) is 12.3 Å². The van der Waals surface area contributed by atoms with Crippen LogP contribution in [0.4, 0.5) is 4.39 Å². The molecular formula is C12H12FN3O. The second-order valence-corrected chi connectivity index (χ2v) is 3.62. The summed E-state index contributed by atoms with van der Waals surface area (Å²) in [5, 5.41) is 4.04. The van der Waals surface area contributed by atoms with Gasteiger partial charge in [-0.2, -0.15) is 5.10 Å². The number of aryl methyl sites for hydroxylation is 1. The molecule has 17 heavy (non-hydrogen) atoms. The van der Waals surface area contributed by atoms with E-state index in [0.29, 0.717) is 12.2 Å². The Morgan fingerprint density at radius 2 is 2.24 bits per heavy atom. The monoisotopic (exact) mass is 233 g/mol. The Bertz CT molecular complexity index is 536. The van der Waals surface area contributed by atoms with Gasteiger partial charge >= 0.3 is 0 Å². The third-order valence-corrected chi connectivity index (χ3v) is 2.40. The lowest BCUT2D eigenvalue weighted by atomic mass is 10.1. The Kier molecular flexibility index (Phi) is 3.27. The normalized spacial score (nSPS) is 10.5. The van der Waals surface area contributed by atoms with Crippen LogP contribution in [0.25, 0.3) is 0 Å². The highest BCUT2D eigenvalue weighted by Gasteiger charge is 2.17. The van der Waals surface area contributed by atoms with Gasteiger partial charge in [0.25, 0.3) is 0 Å². The van der Waals surface area contributed by atoms with Gasteiger partial charge < -0.3 is 0 Å². The fourth-order valence-corrected chi connectivity index (χ4v) is 1.61. The van der Waals surface area contributed by atoms with Crippen LogP contribution in [0.15, 0.2) is 30.7 Å². The van der Waals surface area contributed by atoms with E-state index in [1.807, 2.05) is 6.92 Å². The fraction of sp³-hybridized carbons (Fsp3) is 0.250. The summed E-state index contributed by atoms with van der Waals surface area (Å²) < 4.78 is 15.0. The van der Waals surface area contributed by atoms with Crippen molar-refractivity contribution < 1.29 is 9.18 Å². The van der Waals surface area contributed by atoms with Crippen molar-refractivity contribution in [1.29, 1.82) is 0 Å². The molecule has 0 fully saturated rings. The lowest BCUT2D eigenvalue weighted by Crippen LogP contribution is -2.12. The molecule has 5 heteroatoms. The van der Waals surface area contributed by atoms with Crippen LogP contribution in [-0.4, -0.2) is 20.5 Å². The van der Waals surface area contributed by atoms with Gasteiger partial charge in [-0.15, -0.1) is 0 Å². The molecule has 0 radical (unpaired) electrons. The van der Waals surface area contributed by atoms with Crippen LogP contribution in [0.5, 0.6) is 0 Å². The van der Waals surface area contributed by atoms with Crippen molar-refractivity contribution in [2.45, 2.75) is 19.9 Å². The van der Waals surface area contributed by atoms with Gasteiger partial charge in [0, 0.05) is 18.9 Å². The minimum absolute atomic E-state index is 0.0258. The molecule has 0 saturated heterocycles. The predicted molar refractivity (Wildman–Crippen MR) is 60.1 cm³/mol. The first-order valence-corrected chi connectivity index (χ1v) is 5.40. The number of hydrogen-bond donors (Lipinski definition) is 0. The van der Waals surface area contributed by atoms with E-state index in [4.69, 9.17) is 0 Å². The number of hydrogen-bond acceptors (Lipinski definition) is 3. The van der Waals surface area contributed by atoms with Crippen LogP contribution < -0.4 is 0 Å². The molecule has 0 amide bonds. The molecule has 0 unspecified atom stereocenters. The second-order valence-electron chi connectivity index (χ2n) is 3.62. The summed E-state index contributed by atoms with van der Waals surface area (Å²) in [7, 11) is 0. The standard InChI is InChI=1S/C12H12FN3O/c1-2-7-16-11(4-6-15-16)12(17)9-3-5-14-8-10(9)13/h3-6,8H,2,7H2,1H3. The molecule has 0 aliphatic carbocycles. The average Bonchev–Trinajstić information content (AvgIpc) is 2.78. The van der Waals surface area contributed by atoms with Gasteiger partial charge in [-0.1, -0.05) is 6.92 Å². The Hall–Kier alpha value is -2.04. The molecule has 4 nitrogen and oxygen atoms in total. The first-order valence-electron chi connectivity index (χ1n) is 5.40. The molecule has 0 atom stereocenters. The molecule has 0 N–H and O–H groups in total. The summed E-state index contributed by atoms with van der Waals surface area (Å²) in [6.45, 7) is 2.63. The predicted octanol–water partition coefficient (Wildman–Crippen LogP) is 2.06. The Labute approximate surface area is 98.1 Å². The maximum absolute atomic E-state index is 13.4. The number of ketones is 1. The summed E-state index contributed by atoms with van der Waals surface area (Å²) >= 11 is 0. The summed E-state index contributed by atoms with van der Waals surface area (Å²) in [6.07, 6.45) is 4.84. The number of nitrogens with zero attached hydrogens (tertiary/aromatic N) is 3. The van der Waals surface area contributed by atoms with Gasteiger partial charge in [0.2, 0.25) is 5.78 Å². The van der Waals surface area contributed by atoms with Crippen LogP contribution in [-0.2, 0) is 6.54 Å². The highest BCUT2D eigenvalue weighted by Crippen LogP contribution is 2.12. The molecular weight excluding hydrogens is 221 g/mol. The van der Waals surface area contributed by atoms with E-state index in [-0.39, 0.29) is 11.3 Å². The number of pyridine rings is 1. The van der Waals surface area contributed by atoms with Crippen molar-refractivity contribution in [2.75, 3.05) is 0 Å². The third kappa shape index (κ3) is 2.22. The highest BCUT2D eigenvalue weighted by atomic mass is 19.1. The number of aromatic nitrogens is 3. The zero-order chi connectivity index (χ0) is 12.3. The minimum atomic E-state index is -0.609. The van der Waals surface area contributed by atoms with Crippen molar-refractivity contribution in [3.05, 3.63) is 47.8 Å². The minimum Gasteiger partial charge on any atom is -0.287 e. The zero-order valence-electron chi connectivity index (χ0n) is 9.43. The Morgan fingerprint density at radius 1 is 1.41 bits per heavy atom. The number of carbonyl (C=O) groups is 1. The van der Waals surface area contributed by atoms with Crippen LogP contribution in [0.2, 0.25) is 0 Å². The molecule has 0 aromatic carbocycles. The lowest BCUT2D eigenvalue weighted by Gasteiger charge is -2.05. The number of carbonyl (C=O) groups excluding carboxylic acids is 1. The van der Waals surface area contributed by atoms with Crippen molar-refractivity contribution in [1.82, 2.24) is 14.8 Å². The van der Waals surface area contributed by atoms with Gasteiger partial charge in [0.1, 0.15) is 5.69 Å². The van der Waals surface area contributed by atoms with Gasteiger partial charge in [-0.05, 0) is 18.6 Å². The molecule has 0 spiro atoms. The van der Waals surface area contributed by atoms with E-state index >= 15 is 0 Å². The molecule has 0 aliphatic heterocycles. The van der Waals surface area contributed by atoms with Crippen molar-refractivity contribution >= 4 is 5.78 Å². The lowest BCUT2D eigenvalue weighted by molar-refractivity contribution is 0.102. The summed E-state index contributed by atoms with van der Waals surface area (Å²) in [5.41, 5.74) is 0.426. The fourth-order valence-electron chi connectivity index (χ4n) is 1.61. The van der Waals surface area contributed by atoms with Crippen molar-refractivity contribution in [3.63, 3.8) is 0 Å². The molecule has 2 rings (SSSR count). The van der Waals surface area contributed by atoms with E-state index in [9.17, 15) is 9.18 Å². The summed E-state index contributed by atoms with van der Waals surface area (Å²) in [6, 6.07) is 2.97. The third-order valence-electron chi connectivity index (χ3n) is 2.40. The van der Waals surface area contributed by atoms with Crippen molar-refractivity contribution in [2.24, 2.45) is 0 Å². The molecule has 88 valence electrons. The molecule has 2 heterocycles. The van der Waals surface area contributed by atoms with E-state index < -0.39 is 5.82 Å². The first kappa shape index (κ1) is 11.4. The highest BCUT2D eigenvalue weighted by molar-refractivity contribution is 6.07. The molecule has 2 aromatic rings. The van der Waals surface area contributed by atoms with E-state index in [1.54, 1.807) is 16.9 Å². The average molecular weight is 233 g/mol. The van der Waals surface area contributed by atoms with Crippen LogP contribution >= 0.6 is 0 Å². The summed E-state index contributed by atoms with van der Waals surface area (Å²) in [4.78, 5) is 15.7. The Balaban J connectivity index is 2.37. The molecule has 2 aromatic heterocycles. The largest absolute Gasteiger partial charge is 0.287 e. The Morgan fingerprint density at radius 3 is 2.94 bits per heavy atom. The first-order chi connectivity index (χ1) is 8.24. The van der Waals surface area contributed by atoms with Gasteiger partial charge in [-0.25, -0.2) is 4.39 Å². The molecule has 0 bridgehead atoms. The zero-order valence-corrected chi connectivity index (χ0v) is 9.43. The molecule has 0 saturated carbocycles. The van der Waals surface area contributed by atoms with Crippen LogP contribution in [0.3, 0.4) is 0 Å². The smallest absolute Gasteiger partial charge is 0.214 e. The number of halogens is 1. The van der Waals surface area contributed by atoms with Crippen molar-refractivity contribution in [3.8, 4) is 0 Å². The maximum atomic E-state index is 13.4. The second kappa shape index (κ2) is 4.86. The van der Waals surface area contributed by atoms with Gasteiger partial charge in [0.15, 0.2) is 5.82 Å². The number of rotatable bonds is 4. The SMILES string of the molecule is CCCn1nccc1C(=O)c1ccncc1F. The van der Waals surface area contributed by atoms with Crippen LogP contribution in [0, 0.1) is 5.82 Å². The van der Waals surface area contributed by atoms with E-state index in [0.717, 1.165) is 12.6 Å². The van der Waals surface area contributed by atoms with E-state index in [2.05, 4.69) is 10.1 Å². The summed E-state index contributed by atoms with van der Waals surface area (Å²) in [5.74, 6) is -0.974. The van der Waals surface area contributed by atoms with Gasteiger partial charge in [-0.3, -0.25) is 14.5 Å². The topological polar surface area (TPSA) is 47.8 Å².